The number of carbonyl (C=O) groups excluding carboxylic acids is 1. The van der Waals surface area contributed by atoms with Gasteiger partial charge in [-0.15, -0.1) is 0 Å². The molecule has 1 aromatic carbocycles. The monoisotopic (exact) mass is 322 g/mol. The van der Waals surface area contributed by atoms with E-state index < -0.39 is 0 Å². The quantitative estimate of drug-likeness (QED) is 0.751. The van der Waals surface area contributed by atoms with Crippen molar-refractivity contribution in [3.05, 3.63) is 71.6 Å². The Bertz CT molecular complexity index is 844. The molecule has 6 heteroatoms. The van der Waals surface area contributed by atoms with Crippen molar-refractivity contribution >= 4 is 17.4 Å². The summed E-state index contributed by atoms with van der Waals surface area (Å²) >= 11 is 0. The smallest absolute Gasteiger partial charge is 0.274 e. The molecular formula is C18H18N4O2. The van der Waals surface area contributed by atoms with E-state index in [9.17, 15) is 4.79 Å². The number of aromatic nitrogens is 2. The molecule has 0 atom stereocenters. The molecule has 2 N–H and O–H groups in total. The lowest BCUT2D eigenvalue weighted by molar-refractivity contribution is 0.102. The fourth-order valence-corrected chi connectivity index (χ4v) is 2.24. The van der Waals surface area contributed by atoms with Crippen molar-refractivity contribution < 1.29 is 9.21 Å². The average molecular weight is 322 g/mol. The maximum atomic E-state index is 12.4. The highest BCUT2D eigenvalue weighted by atomic mass is 16.3. The van der Waals surface area contributed by atoms with Gasteiger partial charge in [0.1, 0.15) is 23.6 Å². The second-order valence-electron chi connectivity index (χ2n) is 5.42. The van der Waals surface area contributed by atoms with Crippen molar-refractivity contribution in [1.82, 2.24) is 9.97 Å². The van der Waals surface area contributed by atoms with Crippen molar-refractivity contribution in [2.24, 2.45) is 0 Å². The fourth-order valence-electron chi connectivity index (χ4n) is 2.24. The molecule has 0 saturated heterocycles. The number of hydrogen-bond acceptors (Lipinski definition) is 5. The third kappa shape index (κ3) is 3.60. The molecule has 0 bridgehead atoms. The number of nitrogens with zero attached hydrogens (tertiary/aromatic N) is 2. The molecule has 0 aliphatic rings. The van der Waals surface area contributed by atoms with E-state index in [1.807, 2.05) is 44.2 Å². The first-order valence-corrected chi connectivity index (χ1v) is 7.59. The van der Waals surface area contributed by atoms with Crippen molar-refractivity contribution in [3.8, 4) is 0 Å². The van der Waals surface area contributed by atoms with E-state index in [4.69, 9.17) is 4.42 Å². The molecule has 0 saturated carbocycles. The van der Waals surface area contributed by atoms with E-state index in [1.165, 1.54) is 6.33 Å². The summed E-state index contributed by atoms with van der Waals surface area (Å²) in [7, 11) is 0. The van der Waals surface area contributed by atoms with E-state index in [1.54, 1.807) is 12.3 Å². The molecule has 0 unspecified atom stereocenters. The van der Waals surface area contributed by atoms with Crippen molar-refractivity contribution in [2.75, 3.05) is 10.6 Å². The maximum Gasteiger partial charge on any atom is 0.274 e. The molecule has 1 amide bonds. The summed E-state index contributed by atoms with van der Waals surface area (Å²) in [5, 5.41) is 5.99. The van der Waals surface area contributed by atoms with Gasteiger partial charge in [-0.2, -0.15) is 0 Å². The SMILES string of the molecule is Cc1cccc(NC(=O)c2cc(NCc3ccco3)ncn2)c1C. The molecule has 122 valence electrons. The summed E-state index contributed by atoms with van der Waals surface area (Å²) in [4.78, 5) is 20.6. The van der Waals surface area contributed by atoms with Crippen LogP contribution in [0.15, 0.2) is 53.4 Å². The standard InChI is InChI=1S/C18H18N4O2/c1-12-5-3-7-15(13(12)2)22-18(23)16-9-17(21-11-20-16)19-10-14-6-4-8-24-14/h3-9,11H,10H2,1-2H3,(H,22,23)(H,19,20,21). The highest BCUT2D eigenvalue weighted by Crippen LogP contribution is 2.19. The van der Waals surface area contributed by atoms with E-state index in [2.05, 4.69) is 20.6 Å². The minimum Gasteiger partial charge on any atom is -0.467 e. The van der Waals surface area contributed by atoms with E-state index in [-0.39, 0.29) is 5.91 Å². The minimum absolute atomic E-state index is 0.271. The van der Waals surface area contributed by atoms with Crippen LogP contribution in [0.25, 0.3) is 0 Å². The first-order chi connectivity index (χ1) is 11.6. The van der Waals surface area contributed by atoms with Crippen LogP contribution in [0.4, 0.5) is 11.5 Å². The highest BCUT2D eigenvalue weighted by molar-refractivity contribution is 6.03. The van der Waals surface area contributed by atoms with Crippen LogP contribution >= 0.6 is 0 Å². The summed E-state index contributed by atoms with van der Waals surface area (Å²) in [6, 6.07) is 11.1. The number of nitrogens with one attached hydrogen (secondary N) is 2. The summed E-state index contributed by atoms with van der Waals surface area (Å²) in [5.41, 5.74) is 3.24. The second kappa shape index (κ2) is 6.95. The Balaban J connectivity index is 1.71. The molecule has 24 heavy (non-hydrogen) atoms. The Hall–Kier alpha value is -3.15. The summed E-state index contributed by atoms with van der Waals surface area (Å²) < 4.78 is 5.25. The van der Waals surface area contributed by atoms with E-state index in [0.29, 0.717) is 18.1 Å². The number of carbonyl (C=O) groups is 1. The topological polar surface area (TPSA) is 80.0 Å². The highest BCUT2D eigenvalue weighted by Gasteiger charge is 2.11. The zero-order chi connectivity index (χ0) is 16.9. The van der Waals surface area contributed by atoms with Crippen LogP contribution in [0.1, 0.15) is 27.4 Å². The summed E-state index contributed by atoms with van der Waals surface area (Å²) in [6.45, 7) is 4.47. The summed E-state index contributed by atoms with van der Waals surface area (Å²) in [5.74, 6) is 1.08. The predicted octanol–water partition coefficient (Wildman–Crippen LogP) is 3.55. The lowest BCUT2D eigenvalue weighted by Crippen LogP contribution is -2.15. The van der Waals surface area contributed by atoms with Gasteiger partial charge in [0, 0.05) is 11.8 Å². The molecule has 0 spiro atoms. The molecule has 0 aliphatic carbocycles. The van der Waals surface area contributed by atoms with Crippen molar-refractivity contribution in [2.45, 2.75) is 20.4 Å². The Kier molecular flexibility index (Phi) is 4.56. The van der Waals surface area contributed by atoms with Gasteiger partial charge in [0.05, 0.1) is 12.8 Å². The Labute approximate surface area is 140 Å². The maximum absolute atomic E-state index is 12.4. The Morgan fingerprint density at radius 1 is 1.17 bits per heavy atom. The van der Waals surface area contributed by atoms with Gasteiger partial charge in [-0.1, -0.05) is 12.1 Å². The third-order valence-corrected chi connectivity index (χ3v) is 3.78. The van der Waals surface area contributed by atoms with Gasteiger partial charge in [-0.3, -0.25) is 4.79 Å². The molecule has 2 heterocycles. The summed E-state index contributed by atoms with van der Waals surface area (Å²) in [6.07, 6.45) is 2.97. The number of benzene rings is 1. The van der Waals surface area contributed by atoms with Crippen LogP contribution in [0, 0.1) is 13.8 Å². The van der Waals surface area contributed by atoms with Crippen LogP contribution in [0.3, 0.4) is 0 Å². The Morgan fingerprint density at radius 3 is 2.83 bits per heavy atom. The molecule has 3 aromatic rings. The lowest BCUT2D eigenvalue weighted by Gasteiger charge is -2.10. The zero-order valence-corrected chi connectivity index (χ0v) is 13.5. The third-order valence-electron chi connectivity index (χ3n) is 3.78. The number of hydrogen-bond donors (Lipinski definition) is 2. The van der Waals surface area contributed by atoms with Gasteiger partial charge in [-0.05, 0) is 43.2 Å². The van der Waals surface area contributed by atoms with Crippen LogP contribution in [-0.2, 0) is 6.54 Å². The van der Waals surface area contributed by atoms with Crippen LogP contribution in [0.2, 0.25) is 0 Å². The average Bonchev–Trinajstić information content (AvgIpc) is 3.11. The molecule has 0 fully saturated rings. The number of aryl methyl sites for hydroxylation is 1. The van der Waals surface area contributed by atoms with Crippen molar-refractivity contribution in [3.63, 3.8) is 0 Å². The number of furan rings is 1. The molecule has 6 nitrogen and oxygen atoms in total. The van der Waals surface area contributed by atoms with Crippen LogP contribution < -0.4 is 10.6 Å². The molecule has 0 radical (unpaired) electrons. The molecular weight excluding hydrogens is 304 g/mol. The van der Waals surface area contributed by atoms with E-state index in [0.717, 1.165) is 22.6 Å². The second-order valence-corrected chi connectivity index (χ2v) is 5.42. The van der Waals surface area contributed by atoms with Gasteiger partial charge >= 0.3 is 0 Å². The normalized spacial score (nSPS) is 10.4. The Morgan fingerprint density at radius 2 is 2.04 bits per heavy atom. The van der Waals surface area contributed by atoms with Gasteiger partial charge in [-0.25, -0.2) is 9.97 Å². The zero-order valence-electron chi connectivity index (χ0n) is 13.5. The number of rotatable bonds is 5. The van der Waals surface area contributed by atoms with Gasteiger partial charge in [0.15, 0.2) is 0 Å². The predicted molar refractivity (Wildman–Crippen MR) is 91.9 cm³/mol. The fraction of sp³-hybridized carbons (Fsp3) is 0.167. The van der Waals surface area contributed by atoms with Gasteiger partial charge in [0.25, 0.3) is 5.91 Å². The largest absolute Gasteiger partial charge is 0.467 e. The molecule has 2 aromatic heterocycles. The van der Waals surface area contributed by atoms with Crippen LogP contribution in [-0.4, -0.2) is 15.9 Å². The minimum atomic E-state index is -0.271. The first-order valence-electron chi connectivity index (χ1n) is 7.59. The molecule has 3 rings (SSSR count). The van der Waals surface area contributed by atoms with E-state index >= 15 is 0 Å². The van der Waals surface area contributed by atoms with Gasteiger partial charge in [0.2, 0.25) is 0 Å². The van der Waals surface area contributed by atoms with Gasteiger partial charge < -0.3 is 15.1 Å². The van der Waals surface area contributed by atoms with Crippen molar-refractivity contribution in [1.29, 1.82) is 0 Å². The number of anilines is 2. The van der Waals surface area contributed by atoms with Crippen LogP contribution in [0.5, 0.6) is 0 Å². The lowest BCUT2D eigenvalue weighted by atomic mass is 10.1. The molecule has 0 aliphatic heterocycles. The number of amides is 1. The first kappa shape index (κ1) is 15.7.